The van der Waals surface area contributed by atoms with Gasteiger partial charge in [0.05, 0.1) is 12.5 Å². The summed E-state index contributed by atoms with van der Waals surface area (Å²) < 4.78 is 11.4. The molecule has 0 saturated carbocycles. The molecule has 0 heterocycles. The van der Waals surface area contributed by atoms with Crippen LogP contribution in [0.1, 0.15) is 59.4 Å². The van der Waals surface area contributed by atoms with Gasteiger partial charge in [-0.05, 0) is 38.8 Å². The summed E-state index contributed by atoms with van der Waals surface area (Å²) in [6.45, 7) is 11.1. The Morgan fingerprint density at radius 3 is 2.31 bits per heavy atom. The monoisotopic (exact) mass is 363 g/mol. The predicted molar refractivity (Wildman–Crippen MR) is 107 cm³/mol. The van der Waals surface area contributed by atoms with E-state index in [1.807, 2.05) is 26.8 Å². The highest BCUT2D eigenvalue weighted by Crippen LogP contribution is 2.24. The molecule has 0 saturated heterocycles. The lowest BCUT2D eigenvalue weighted by Crippen LogP contribution is -2.47. The molecule has 0 fully saturated rings. The van der Waals surface area contributed by atoms with Crippen LogP contribution in [0.3, 0.4) is 0 Å². The number of rotatable bonds is 11. The van der Waals surface area contributed by atoms with Crippen molar-refractivity contribution < 1.29 is 14.3 Å². The van der Waals surface area contributed by atoms with Crippen LogP contribution in [0, 0.1) is 5.92 Å². The number of nitrogens with zero attached hydrogens (tertiary/aromatic N) is 1. The van der Waals surface area contributed by atoms with Crippen LogP contribution >= 0.6 is 0 Å². The first-order valence-corrected chi connectivity index (χ1v) is 9.72. The molecular weight excluding hydrogens is 326 g/mol. The molecule has 3 atom stereocenters. The minimum atomic E-state index is -0.433. The summed E-state index contributed by atoms with van der Waals surface area (Å²) in [5, 5.41) is 0. The van der Waals surface area contributed by atoms with Gasteiger partial charge in [0.1, 0.15) is 5.60 Å². The number of likely N-dealkylation sites (N-methyl/N-ethyl adjacent to an activating group) is 1. The van der Waals surface area contributed by atoms with E-state index in [0.717, 1.165) is 19.4 Å². The molecule has 0 spiro atoms. The highest BCUT2D eigenvalue weighted by atomic mass is 16.6. The standard InChI is InChI=1S/C22H37NO3/c1-8-17(3)21(23(6)16-18-13-11-10-12-14-18)19(25-7)15-20(24)26-22(4,5)9-2/h10-14,17,19,21H,8-9,15-16H2,1-7H3/t17-,19+,21?/m0/s1. The predicted octanol–water partition coefficient (Wildman–Crippen LogP) is 4.67. The van der Waals surface area contributed by atoms with E-state index in [4.69, 9.17) is 9.47 Å². The molecule has 0 aromatic heterocycles. The summed E-state index contributed by atoms with van der Waals surface area (Å²) in [6, 6.07) is 10.5. The Kier molecular flexibility index (Phi) is 9.31. The van der Waals surface area contributed by atoms with Crippen molar-refractivity contribution in [3.05, 3.63) is 35.9 Å². The van der Waals surface area contributed by atoms with Crippen molar-refractivity contribution in [3.63, 3.8) is 0 Å². The van der Waals surface area contributed by atoms with Crippen molar-refractivity contribution in [3.8, 4) is 0 Å². The molecule has 1 aromatic carbocycles. The molecule has 1 rings (SSSR count). The SMILES string of the molecule is CC[C@H](C)C([C@@H](CC(=O)OC(C)(C)CC)OC)N(C)Cc1ccccc1. The van der Waals surface area contributed by atoms with E-state index in [1.54, 1.807) is 7.11 Å². The first-order chi connectivity index (χ1) is 12.2. The fourth-order valence-electron chi connectivity index (χ4n) is 3.23. The maximum absolute atomic E-state index is 12.5. The van der Waals surface area contributed by atoms with Gasteiger partial charge in [-0.3, -0.25) is 9.69 Å². The van der Waals surface area contributed by atoms with Gasteiger partial charge in [-0.25, -0.2) is 0 Å². The largest absolute Gasteiger partial charge is 0.460 e. The van der Waals surface area contributed by atoms with Crippen LogP contribution in [0.2, 0.25) is 0 Å². The molecule has 0 radical (unpaired) electrons. The van der Waals surface area contributed by atoms with Gasteiger partial charge < -0.3 is 9.47 Å². The zero-order chi connectivity index (χ0) is 19.7. The van der Waals surface area contributed by atoms with Gasteiger partial charge in [0.2, 0.25) is 0 Å². The summed E-state index contributed by atoms with van der Waals surface area (Å²) in [5.41, 5.74) is 0.824. The fraction of sp³-hybridized carbons (Fsp3) is 0.682. The van der Waals surface area contributed by atoms with E-state index >= 15 is 0 Å². The quantitative estimate of drug-likeness (QED) is 0.536. The number of hydrogen-bond acceptors (Lipinski definition) is 4. The van der Waals surface area contributed by atoms with Crippen LogP contribution in [0.15, 0.2) is 30.3 Å². The highest BCUT2D eigenvalue weighted by molar-refractivity contribution is 5.70. The van der Waals surface area contributed by atoms with Crippen molar-refractivity contribution in [1.29, 1.82) is 0 Å². The van der Waals surface area contributed by atoms with Crippen LogP contribution in [0.4, 0.5) is 0 Å². The first kappa shape index (κ1) is 22.7. The average Bonchev–Trinajstić information content (AvgIpc) is 2.61. The van der Waals surface area contributed by atoms with Gasteiger partial charge in [-0.15, -0.1) is 0 Å². The maximum Gasteiger partial charge on any atom is 0.309 e. The minimum Gasteiger partial charge on any atom is -0.460 e. The Balaban J connectivity index is 2.88. The molecule has 0 aliphatic heterocycles. The molecule has 148 valence electrons. The van der Waals surface area contributed by atoms with E-state index in [9.17, 15) is 4.79 Å². The summed E-state index contributed by atoms with van der Waals surface area (Å²) >= 11 is 0. The van der Waals surface area contributed by atoms with Crippen molar-refractivity contribution in [1.82, 2.24) is 4.90 Å². The fourth-order valence-corrected chi connectivity index (χ4v) is 3.23. The highest BCUT2D eigenvalue weighted by Gasteiger charge is 2.33. The zero-order valence-electron chi connectivity index (χ0n) is 17.6. The van der Waals surface area contributed by atoms with Crippen LogP contribution in [0.5, 0.6) is 0 Å². The van der Waals surface area contributed by atoms with E-state index in [1.165, 1.54) is 5.56 Å². The number of ether oxygens (including phenoxy) is 2. The van der Waals surface area contributed by atoms with E-state index in [2.05, 4.69) is 50.1 Å². The molecule has 4 heteroatoms. The van der Waals surface area contributed by atoms with Crippen molar-refractivity contribution in [2.24, 2.45) is 5.92 Å². The molecule has 0 bridgehead atoms. The number of hydrogen-bond donors (Lipinski definition) is 0. The summed E-state index contributed by atoms with van der Waals surface area (Å²) in [4.78, 5) is 14.8. The lowest BCUT2D eigenvalue weighted by molar-refractivity contribution is -0.161. The second kappa shape index (κ2) is 10.7. The molecule has 0 aliphatic carbocycles. The third-order valence-electron chi connectivity index (χ3n) is 5.30. The Morgan fingerprint density at radius 2 is 1.81 bits per heavy atom. The van der Waals surface area contributed by atoms with E-state index in [0.29, 0.717) is 5.92 Å². The molecule has 0 amide bonds. The Labute approximate surface area is 159 Å². The minimum absolute atomic E-state index is 0.141. The normalized spacial score (nSPS) is 15.5. The topological polar surface area (TPSA) is 38.8 Å². The number of methoxy groups -OCH3 is 1. The number of esters is 1. The Bertz CT molecular complexity index is 529. The van der Waals surface area contributed by atoms with Crippen molar-refractivity contribution in [2.45, 2.75) is 78.2 Å². The van der Waals surface area contributed by atoms with Gasteiger partial charge in [0, 0.05) is 19.7 Å². The maximum atomic E-state index is 12.5. The van der Waals surface area contributed by atoms with E-state index in [-0.39, 0.29) is 24.5 Å². The van der Waals surface area contributed by atoms with Crippen LogP contribution in [-0.4, -0.2) is 42.8 Å². The number of carbonyl (C=O) groups excluding carboxylic acids is 1. The van der Waals surface area contributed by atoms with Gasteiger partial charge in [0.25, 0.3) is 0 Å². The lowest BCUT2D eigenvalue weighted by atomic mass is 9.91. The van der Waals surface area contributed by atoms with E-state index < -0.39 is 5.60 Å². The third-order valence-corrected chi connectivity index (χ3v) is 5.30. The Morgan fingerprint density at radius 1 is 1.19 bits per heavy atom. The zero-order valence-corrected chi connectivity index (χ0v) is 17.6. The summed E-state index contributed by atoms with van der Waals surface area (Å²) in [7, 11) is 3.80. The Hall–Kier alpha value is -1.39. The molecule has 0 aliphatic rings. The van der Waals surface area contributed by atoms with Gasteiger partial charge in [0.15, 0.2) is 0 Å². The van der Waals surface area contributed by atoms with Crippen molar-refractivity contribution >= 4 is 5.97 Å². The molecule has 26 heavy (non-hydrogen) atoms. The van der Waals surface area contributed by atoms with Crippen LogP contribution < -0.4 is 0 Å². The number of benzene rings is 1. The second-order valence-electron chi connectivity index (χ2n) is 7.84. The molecule has 4 nitrogen and oxygen atoms in total. The average molecular weight is 364 g/mol. The van der Waals surface area contributed by atoms with Gasteiger partial charge >= 0.3 is 5.97 Å². The number of carbonyl (C=O) groups is 1. The van der Waals surface area contributed by atoms with Crippen molar-refractivity contribution in [2.75, 3.05) is 14.2 Å². The summed E-state index contributed by atoms with van der Waals surface area (Å²) in [6.07, 6.45) is 1.89. The smallest absolute Gasteiger partial charge is 0.309 e. The summed E-state index contributed by atoms with van der Waals surface area (Å²) in [5.74, 6) is 0.214. The van der Waals surface area contributed by atoms with Crippen LogP contribution in [-0.2, 0) is 20.8 Å². The molecule has 1 aromatic rings. The lowest BCUT2D eigenvalue weighted by Gasteiger charge is -2.38. The first-order valence-electron chi connectivity index (χ1n) is 9.72. The third kappa shape index (κ3) is 7.08. The second-order valence-corrected chi connectivity index (χ2v) is 7.84. The molecule has 1 unspecified atom stereocenters. The van der Waals surface area contributed by atoms with Gasteiger partial charge in [-0.2, -0.15) is 0 Å². The van der Waals surface area contributed by atoms with Gasteiger partial charge in [-0.1, -0.05) is 57.5 Å². The molecule has 0 N–H and O–H groups in total. The van der Waals surface area contributed by atoms with Crippen LogP contribution in [0.25, 0.3) is 0 Å². The molecular formula is C22H37NO3.